The van der Waals surface area contributed by atoms with Crippen molar-refractivity contribution in [2.45, 2.75) is 6.42 Å². The Morgan fingerprint density at radius 1 is 1.50 bits per heavy atom. The molecule has 0 spiro atoms. The predicted octanol–water partition coefficient (Wildman–Crippen LogP) is -0.655. The van der Waals surface area contributed by atoms with Crippen molar-refractivity contribution in [3.63, 3.8) is 0 Å². The summed E-state index contributed by atoms with van der Waals surface area (Å²) >= 11 is 0. The highest BCUT2D eigenvalue weighted by molar-refractivity contribution is 5.76. The number of ether oxygens (including phenoxy) is 1. The van der Waals surface area contributed by atoms with Crippen LogP contribution in [0.15, 0.2) is 17.2 Å². The molecule has 0 aliphatic heterocycles. The number of nitrogens with zero attached hydrogens (tertiary/aromatic N) is 2. The summed E-state index contributed by atoms with van der Waals surface area (Å²) in [6, 6.07) is 0. The van der Waals surface area contributed by atoms with Gasteiger partial charge in [0.25, 0.3) is 5.56 Å². The quantitative estimate of drug-likeness (QED) is 0.631. The maximum atomic E-state index is 11.6. The number of aryl methyl sites for hydroxylation is 1. The second-order valence-corrected chi connectivity index (χ2v) is 3.71. The van der Waals surface area contributed by atoms with Crippen LogP contribution in [0.3, 0.4) is 0 Å². The molecule has 1 aromatic rings. The molecule has 18 heavy (non-hydrogen) atoms. The first-order chi connectivity index (χ1) is 8.65. The van der Waals surface area contributed by atoms with Gasteiger partial charge in [0.05, 0.1) is 6.61 Å². The van der Waals surface area contributed by atoms with E-state index >= 15 is 0 Å². The molecule has 7 nitrogen and oxygen atoms in total. The Kier molecular flexibility index (Phi) is 5.86. The van der Waals surface area contributed by atoms with Crippen LogP contribution >= 0.6 is 0 Å². The number of rotatable bonds is 7. The first kappa shape index (κ1) is 14.2. The Morgan fingerprint density at radius 2 is 2.28 bits per heavy atom. The van der Waals surface area contributed by atoms with Crippen LogP contribution < -0.4 is 16.2 Å². The van der Waals surface area contributed by atoms with Crippen molar-refractivity contribution in [1.82, 2.24) is 14.9 Å². The highest BCUT2D eigenvalue weighted by Crippen LogP contribution is 1.92. The predicted molar refractivity (Wildman–Crippen MR) is 67.5 cm³/mol. The fourth-order valence-electron chi connectivity index (χ4n) is 1.29. The van der Waals surface area contributed by atoms with Gasteiger partial charge < -0.3 is 19.9 Å². The van der Waals surface area contributed by atoms with E-state index in [2.05, 4.69) is 15.6 Å². The number of aromatic nitrogens is 2. The largest absolute Gasteiger partial charge is 0.383 e. The number of carbonyl (C=O) groups excluding carboxylic acids is 1. The molecule has 0 bridgehead atoms. The Morgan fingerprint density at radius 3 is 3.00 bits per heavy atom. The van der Waals surface area contributed by atoms with E-state index in [4.69, 9.17) is 4.74 Å². The van der Waals surface area contributed by atoms with Gasteiger partial charge in [0, 0.05) is 46.1 Å². The number of anilines is 1. The highest BCUT2D eigenvalue weighted by atomic mass is 16.5. The molecule has 0 saturated carbocycles. The zero-order chi connectivity index (χ0) is 13.4. The average Bonchev–Trinajstić information content (AvgIpc) is 2.35. The van der Waals surface area contributed by atoms with Gasteiger partial charge in [0.2, 0.25) is 5.91 Å². The minimum Gasteiger partial charge on any atom is -0.383 e. The number of carbonyl (C=O) groups is 1. The zero-order valence-corrected chi connectivity index (χ0v) is 10.6. The fourth-order valence-corrected chi connectivity index (χ4v) is 1.29. The van der Waals surface area contributed by atoms with Crippen molar-refractivity contribution in [2.24, 2.45) is 7.05 Å². The van der Waals surface area contributed by atoms with E-state index in [1.54, 1.807) is 20.4 Å². The second-order valence-electron chi connectivity index (χ2n) is 3.71. The first-order valence-corrected chi connectivity index (χ1v) is 5.66. The van der Waals surface area contributed by atoms with Crippen LogP contribution in [-0.4, -0.2) is 42.3 Å². The maximum absolute atomic E-state index is 11.6. The third-order valence-corrected chi connectivity index (χ3v) is 2.29. The molecule has 2 N–H and O–H groups in total. The molecule has 0 radical (unpaired) electrons. The molecule has 0 atom stereocenters. The zero-order valence-electron chi connectivity index (χ0n) is 10.6. The minimum atomic E-state index is -0.211. The summed E-state index contributed by atoms with van der Waals surface area (Å²) in [5, 5.41) is 5.53. The van der Waals surface area contributed by atoms with Gasteiger partial charge in [-0.15, -0.1) is 0 Å². The van der Waals surface area contributed by atoms with Gasteiger partial charge in [-0.2, -0.15) is 0 Å². The van der Waals surface area contributed by atoms with Gasteiger partial charge in [-0.25, -0.2) is 4.98 Å². The second kappa shape index (κ2) is 7.44. The topological polar surface area (TPSA) is 85.2 Å². The smallest absolute Gasteiger partial charge is 0.293 e. The van der Waals surface area contributed by atoms with E-state index in [0.717, 1.165) is 0 Å². The molecule has 0 unspecified atom stereocenters. The SMILES string of the molecule is COCCNC(=O)CCNc1nccn(C)c1=O. The molecule has 100 valence electrons. The Balaban J connectivity index is 2.31. The van der Waals surface area contributed by atoms with Crippen molar-refractivity contribution >= 4 is 11.7 Å². The highest BCUT2D eigenvalue weighted by Gasteiger charge is 2.03. The van der Waals surface area contributed by atoms with Gasteiger partial charge in [0.1, 0.15) is 0 Å². The average molecular weight is 254 g/mol. The molecular weight excluding hydrogens is 236 g/mol. The molecule has 0 fully saturated rings. The minimum absolute atomic E-state index is 0.0905. The lowest BCUT2D eigenvalue weighted by Gasteiger charge is -2.06. The molecule has 0 aromatic carbocycles. The standard InChI is InChI=1S/C11H18N4O3/c1-15-7-5-14-10(11(15)17)13-4-3-9(16)12-6-8-18-2/h5,7H,3-4,6,8H2,1-2H3,(H,12,16)(H,13,14). The van der Waals surface area contributed by atoms with E-state index < -0.39 is 0 Å². The van der Waals surface area contributed by atoms with Gasteiger partial charge in [-0.3, -0.25) is 9.59 Å². The summed E-state index contributed by atoms with van der Waals surface area (Å²) in [5.41, 5.74) is -0.211. The summed E-state index contributed by atoms with van der Waals surface area (Å²) in [7, 11) is 3.22. The van der Waals surface area contributed by atoms with Crippen LogP contribution in [0, 0.1) is 0 Å². The van der Waals surface area contributed by atoms with Crippen LogP contribution in [0.4, 0.5) is 5.82 Å². The normalized spacial score (nSPS) is 10.1. The molecule has 1 heterocycles. The van der Waals surface area contributed by atoms with Crippen molar-refractivity contribution in [2.75, 3.05) is 32.1 Å². The Bertz CT molecular complexity index is 444. The fraction of sp³-hybridized carbons (Fsp3) is 0.545. The van der Waals surface area contributed by atoms with Crippen LogP contribution in [0.2, 0.25) is 0 Å². The van der Waals surface area contributed by atoms with E-state index in [1.807, 2.05) is 0 Å². The lowest BCUT2D eigenvalue weighted by Crippen LogP contribution is -2.29. The molecule has 0 aliphatic carbocycles. The molecule has 0 saturated heterocycles. The number of amides is 1. The molecule has 7 heteroatoms. The van der Waals surface area contributed by atoms with Crippen LogP contribution in [0.25, 0.3) is 0 Å². The third kappa shape index (κ3) is 4.54. The van der Waals surface area contributed by atoms with Crippen LogP contribution in [0.5, 0.6) is 0 Å². The van der Waals surface area contributed by atoms with E-state index in [-0.39, 0.29) is 23.7 Å². The molecule has 0 aliphatic rings. The summed E-state index contributed by atoms with van der Waals surface area (Å²) in [6.07, 6.45) is 3.39. The molecule has 1 amide bonds. The molecule has 1 rings (SSSR count). The van der Waals surface area contributed by atoms with Gasteiger partial charge in [-0.05, 0) is 0 Å². The van der Waals surface area contributed by atoms with Crippen molar-refractivity contribution in [1.29, 1.82) is 0 Å². The van der Waals surface area contributed by atoms with Crippen molar-refractivity contribution in [3.8, 4) is 0 Å². The van der Waals surface area contributed by atoms with Gasteiger partial charge >= 0.3 is 0 Å². The molecular formula is C11H18N4O3. The van der Waals surface area contributed by atoms with Crippen LogP contribution in [-0.2, 0) is 16.6 Å². The van der Waals surface area contributed by atoms with Gasteiger partial charge in [0.15, 0.2) is 5.82 Å². The maximum Gasteiger partial charge on any atom is 0.293 e. The summed E-state index contributed by atoms with van der Waals surface area (Å²) in [4.78, 5) is 26.8. The van der Waals surface area contributed by atoms with Crippen molar-refractivity contribution in [3.05, 3.63) is 22.7 Å². The molecule has 1 aromatic heterocycles. The number of nitrogens with one attached hydrogen (secondary N) is 2. The lowest BCUT2D eigenvalue weighted by atomic mass is 10.4. The number of hydrogen-bond acceptors (Lipinski definition) is 5. The van der Waals surface area contributed by atoms with E-state index in [0.29, 0.717) is 19.7 Å². The lowest BCUT2D eigenvalue weighted by molar-refractivity contribution is -0.121. The van der Waals surface area contributed by atoms with Crippen molar-refractivity contribution < 1.29 is 9.53 Å². The Hall–Kier alpha value is -1.89. The summed E-state index contributed by atoms with van der Waals surface area (Å²) in [5.74, 6) is 0.164. The summed E-state index contributed by atoms with van der Waals surface area (Å²) < 4.78 is 6.24. The number of methoxy groups -OCH3 is 1. The summed E-state index contributed by atoms with van der Waals surface area (Å²) in [6.45, 7) is 1.34. The van der Waals surface area contributed by atoms with Crippen LogP contribution in [0.1, 0.15) is 6.42 Å². The van der Waals surface area contributed by atoms with Gasteiger partial charge in [-0.1, -0.05) is 0 Å². The Labute approximate surface area is 105 Å². The third-order valence-electron chi connectivity index (χ3n) is 2.29. The monoisotopic (exact) mass is 254 g/mol. The first-order valence-electron chi connectivity index (χ1n) is 5.66. The van der Waals surface area contributed by atoms with E-state index in [9.17, 15) is 9.59 Å². The number of hydrogen-bond donors (Lipinski definition) is 2. The van der Waals surface area contributed by atoms with E-state index in [1.165, 1.54) is 10.8 Å².